The van der Waals surface area contributed by atoms with E-state index in [1.807, 2.05) is 185 Å². The highest BCUT2D eigenvalue weighted by molar-refractivity contribution is 6.01. The first kappa shape index (κ1) is 50.9. The summed E-state index contributed by atoms with van der Waals surface area (Å²) in [6.45, 7) is 5.98. The zero-order valence-electron chi connectivity index (χ0n) is 39.5. The number of nitrogens with zero attached hydrogens (tertiary/aromatic N) is 3. The fourth-order valence-electron chi connectivity index (χ4n) is 7.26. The molecule has 0 aromatic heterocycles. The van der Waals surface area contributed by atoms with Crippen LogP contribution in [0.4, 0.5) is 9.59 Å². The quantitative estimate of drug-likeness (QED) is 0.0323. The van der Waals surface area contributed by atoms with E-state index in [4.69, 9.17) is 19.2 Å². The molecule has 0 aliphatic heterocycles. The Morgan fingerprint density at radius 2 is 1.04 bits per heavy atom. The smallest absolute Gasteiger partial charge is 0.414 e. The number of hydrogen-bond donors (Lipinski definition) is 5. The molecule has 0 bridgehead atoms. The Hall–Kier alpha value is -7.07. The monoisotopic (exact) mass is 912 g/mol. The van der Waals surface area contributed by atoms with Gasteiger partial charge in [0.15, 0.2) is 0 Å². The van der Waals surface area contributed by atoms with Gasteiger partial charge in [-0.2, -0.15) is 0 Å². The van der Waals surface area contributed by atoms with Crippen molar-refractivity contribution >= 4 is 30.0 Å². The molecule has 3 atom stereocenters. The van der Waals surface area contributed by atoms with Gasteiger partial charge in [0.2, 0.25) is 17.8 Å². The fraction of sp³-hybridized carbons (Fsp3) is 0.327. The van der Waals surface area contributed by atoms with E-state index in [1.54, 1.807) is 6.92 Å². The molecule has 0 spiro atoms. The van der Waals surface area contributed by atoms with E-state index < -0.39 is 36.2 Å². The predicted octanol–water partition coefficient (Wildman–Crippen LogP) is 6.23. The Morgan fingerprint density at radius 1 is 0.597 bits per heavy atom. The van der Waals surface area contributed by atoms with Gasteiger partial charge in [0.25, 0.3) is 0 Å². The number of amides is 4. The van der Waals surface area contributed by atoms with Crippen molar-refractivity contribution in [2.24, 2.45) is 4.99 Å². The first-order valence-electron chi connectivity index (χ1n) is 22.2. The number of alkyl carbamates (subject to hydrolysis) is 2. The van der Waals surface area contributed by atoms with Crippen LogP contribution in [0.3, 0.4) is 0 Å². The number of aliphatic imine (C=N–C) groups is 1. The lowest BCUT2D eigenvalue weighted by atomic mass is 9.95. The normalized spacial score (nSPS) is 12.4. The second-order valence-electron chi connectivity index (χ2n) is 16.7. The summed E-state index contributed by atoms with van der Waals surface area (Å²) in [4.78, 5) is 62.9. The summed E-state index contributed by atoms with van der Waals surface area (Å²) in [5.41, 5.74) is 6.41. The molecule has 0 radical (unpaired) electrons. The zero-order chi connectivity index (χ0) is 48.1. The van der Waals surface area contributed by atoms with Crippen LogP contribution in [0.2, 0.25) is 0 Å². The Labute approximate surface area is 394 Å². The molecule has 3 unspecified atom stereocenters. The van der Waals surface area contributed by atoms with Gasteiger partial charge in [-0.1, -0.05) is 121 Å². The van der Waals surface area contributed by atoms with Crippen molar-refractivity contribution in [2.75, 3.05) is 34.7 Å². The molecule has 0 saturated carbocycles. The molecule has 0 saturated heterocycles. The third kappa shape index (κ3) is 17.3. The van der Waals surface area contributed by atoms with Crippen molar-refractivity contribution in [1.82, 2.24) is 36.4 Å². The van der Waals surface area contributed by atoms with E-state index in [-0.39, 0.29) is 37.9 Å². The minimum absolute atomic E-state index is 0.0253. The van der Waals surface area contributed by atoms with Gasteiger partial charge in [0, 0.05) is 6.54 Å². The van der Waals surface area contributed by atoms with E-state index in [0.29, 0.717) is 19.4 Å². The highest BCUT2D eigenvalue weighted by Crippen LogP contribution is 2.24. The van der Waals surface area contributed by atoms with Crippen LogP contribution in [0.15, 0.2) is 138 Å². The number of aryl methyl sites for hydroxylation is 2. The number of hydrogen-bond acceptors (Lipinski definition) is 11. The van der Waals surface area contributed by atoms with Crippen molar-refractivity contribution < 1.29 is 33.4 Å². The molecule has 5 aromatic rings. The maximum absolute atomic E-state index is 14.3. The summed E-state index contributed by atoms with van der Waals surface area (Å²) < 4.78 is 17.0. The van der Waals surface area contributed by atoms with Crippen molar-refractivity contribution in [1.29, 1.82) is 0 Å². The van der Waals surface area contributed by atoms with Gasteiger partial charge in [-0.25, -0.2) is 14.6 Å². The van der Waals surface area contributed by atoms with Crippen LogP contribution in [-0.4, -0.2) is 98.9 Å². The van der Waals surface area contributed by atoms with Crippen LogP contribution in [0.1, 0.15) is 45.9 Å². The summed E-state index contributed by atoms with van der Waals surface area (Å²) in [7, 11) is 7.68. The van der Waals surface area contributed by atoms with Crippen LogP contribution < -0.4 is 31.3 Å². The summed E-state index contributed by atoms with van der Waals surface area (Å²) >= 11 is 0. The molecule has 5 rings (SSSR count). The van der Waals surface area contributed by atoms with Crippen LogP contribution >= 0.6 is 0 Å². The fourth-order valence-corrected chi connectivity index (χ4v) is 7.26. The average Bonchev–Trinajstić information content (AvgIpc) is 3.31. The van der Waals surface area contributed by atoms with Crippen molar-refractivity contribution in [3.8, 4) is 5.75 Å². The number of nitrogens with one attached hydrogen (secondary N) is 5. The number of ether oxygens (including phenoxy) is 3. The largest absolute Gasteiger partial charge is 0.489 e. The lowest BCUT2D eigenvalue weighted by Crippen LogP contribution is -2.60. The molecule has 5 aromatic carbocycles. The number of carbonyl (C=O) groups excluding carboxylic acids is 4. The van der Waals surface area contributed by atoms with Crippen LogP contribution in [0.5, 0.6) is 5.75 Å². The molecule has 5 N–H and O–H groups in total. The molecule has 15 heteroatoms. The second-order valence-corrected chi connectivity index (χ2v) is 16.7. The highest BCUT2D eigenvalue weighted by Gasteiger charge is 2.29. The number of carbonyl (C=O) groups is 4. The first-order valence-corrected chi connectivity index (χ1v) is 22.2. The van der Waals surface area contributed by atoms with Crippen molar-refractivity contribution in [3.05, 3.63) is 172 Å². The first-order chi connectivity index (χ1) is 32.2. The van der Waals surface area contributed by atoms with Gasteiger partial charge >= 0.3 is 12.2 Å². The third-order valence-corrected chi connectivity index (χ3v) is 10.7. The molecule has 15 nitrogen and oxygen atoms in total. The van der Waals surface area contributed by atoms with Crippen LogP contribution in [-0.2, 0) is 51.7 Å². The lowest BCUT2D eigenvalue weighted by Gasteiger charge is -2.35. The minimum atomic E-state index is -0.956. The van der Waals surface area contributed by atoms with Crippen LogP contribution in [0, 0.1) is 13.8 Å². The summed E-state index contributed by atoms with van der Waals surface area (Å²) in [6.07, 6.45) is -1.39. The van der Waals surface area contributed by atoms with E-state index >= 15 is 0 Å². The van der Waals surface area contributed by atoms with Gasteiger partial charge in [0.1, 0.15) is 37.9 Å². The summed E-state index contributed by atoms with van der Waals surface area (Å²) in [5.74, 6) is -0.325. The van der Waals surface area contributed by atoms with E-state index in [9.17, 15) is 19.2 Å². The highest BCUT2D eigenvalue weighted by atomic mass is 16.6. The van der Waals surface area contributed by atoms with Crippen molar-refractivity contribution in [3.63, 3.8) is 0 Å². The Bertz CT molecular complexity index is 2280. The molecule has 0 fully saturated rings. The summed E-state index contributed by atoms with van der Waals surface area (Å²) in [6, 6.07) is 39.3. The molecular formula is C52H64N8O7. The van der Waals surface area contributed by atoms with E-state index in [2.05, 4.69) is 26.6 Å². The zero-order valence-corrected chi connectivity index (χ0v) is 39.5. The second kappa shape index (κ2) is 26.2. The van der Waals surface area contributed by atoms with Gasteiger partial charge < -0.3 is 24.8 Å². The topological polar surface area (TPSA) is 175 Å². The Balaban J connectivity index is 1.31. The standard InChI is InChI=1S/C52H64N8O7/c1-36-28-44(65-33-40-22-14-9-15-23-40)29-37(2)45(36)31-46(56-50(59(4)5)60(6)7)48(62)54-38(3)47(61)53-32-43(30-39-20-12-8-13-21-39)55-49(57-51(63)66-34-41-24-16-10-17-25-41)58-52(64)67-35-42-26-18-11-19-27-42/h8-29,38,43,46,50,56H,30-35H2,1-7H3,(H,53,61)(H,54,62)(H2,55,57,58,63,64). The Morgan fingerprint density at radius 3 is 1.51 bits per heavy atom. The van der Waals surface area contributed by atoms with Gasteiger partial charge in [-0.3, -0.25) is 35.3 Å². The van der Waals surface area contributed by atoms with Gasteiger partial charge in [-0.05, 0) is 113 Å². The minimum Gasteiger partial charge on any atom is -0.489 e. The predicted molar refractivity (Wildman–Crippen MR) is 260 cm³/mol. The van der Waals surface area contributed by atoms with Crippen molar-refractivity contribution in [2.45, 2.75) is 77.8 Å². The number of benzene rings is 5. The maximum atomic E-state index is 14.3. The third-order valence-electron chi connectivity index (χ3n) is 10.7. The van der Waals surface area contributed by atoms with Gasteiger partial charge in [0.05, 0.1) is 12.1 Å². The molecule has 67 heavy (non-hydrogen) atoms. The van der Waals surface area contributed by atoms with Gasteiger partial charge in [-0.15, -0.1) is 0 Å². The lowest BCUT2D eigenvalue weighted by molar-refractivity contribution is -0.130. The molecule has 354 valence electrons. The summed E-state index contributed by atoms with van der Waals surface area (Å²) in [5, 5.41) is 14.4. The number of guanidine groups is 1. The van der Waals surface area contributed by atoms with E-state index in [1.165, 1.54) is 0 Å². The van der Waals surface area contributed by atoms with E-state index in [0.717, 1.165) is 44.7 Å². The molecular weight excluding hydrogens is 849 g/mol. The number of rotatable bonds is 21. The molecule has 4 amide bonds. The molecule has 0 aliphatic rings. The SMILES string of the molecule is Cc1cc(OCc2ccccc2)cc(C)c1CC(NC(N(C)C)N(C)C)C(=O)NC(C)C(=O)NCC(Cc1ccccc1)N=C(NC(=O)OCc1ccccc1)NC(=O)OCc1ccccc1. The van der Waals surface area contributed by atoms with Crippen LogP contribution in [0.25, 0.3) is 0 Å². The maximum Gasteiger partial charge on any atom is 0.414 e. The average molecular weight is 913 g/mol. The molecule has 0 heterocycles. The molecule has 0 aliphatic carbocycles. The Kier molecular flexibility index (Phi) is 19.9.